The summed E-state index contributed by atoms with van der Waals surface area (Å²) >= 11 is 0. The molecule has 22 nitrogen and oxygen atoms in total. The Morgan fingerprint density at radius 2 is 1.09 bits per heavy atom. The lowest BCUT2D eigenvalue weighted by atomic mass is 10.0. The summed E-state index contributed by atoms with van der Waals surface area (Å²) in [5.74, 6) is -8.40. The molecule has 4 rings (SSSR count). The molecule has 6 amide bonds. The summed E-state index contributed by atoms with van der Waals surface area (Å²) in [4.78, 5) is 92.0. The van der Waals surface area contributed by atoms with E-state index in [9.17, 15) is 55.5 Å². The molecule has 0 aromatic heterocycles. The van der Waals surface area contributed by atoms with Gasteiger partial charge in [0.2, 0.25) is 29.5 Å². The molecule has 24 heteroatoms. The number of carboxylic acids is 1. The first-order chi connectivity index (χ1) is 27.1. The van der Waals surface area contributed by atoms with E-state index < -0.39 is 99.2 Å². The van der Waals surface area contributed by atoms with E-state index in [-0.39, 0.29) is 36.4 Å². The number of nitrogens with one attached hydrogen (secondary N) is 5. The number of primary amides is 1. The zero-order valence-corrected chi connectivity index (χ0v) is 31.4. The minimum Gasteiger partial charge on any atom is -0.481 e. The Hall–Kier alpha value is -6.63. The Balaban J connectivity index is 1.71. The van der Waals surface area contributed by atoms with Gasteiger partial charge < -0.3 is 45.8 Å². The van der Waals surface area contributed by atoms with Gasteiger partial charge in [-0.05, 0) is 53.1 Å². The number of hydrogen-bond donors (Lipinski definition) is 9. The molecule has 310 valence electrons. The first-order valence-electron chi connectivity index (χ1n) is 16.7. The molecule has 0 spiro atoms. The smallest absolute Gasteiger partial charge is 0.446 e. The maximum Gasteiger partial charge on any atom is 0.446 e. The Morgan fingerprint density at radius 1 is 0.638 bits per heavy atom. The summed E-state index contributed by atoms with van der Waals surface area (Å²) in [5.41, 5.74) is 6.32. The molecule has 4 atom stereocenters. The van der Waals surface area contributed by atoms with Crippen LogP contribution in [0.4, 0.5) is 0 Å². The number of carboxylic acid groups (broad SMARTS) is 1. The second-order valence-electron chi connectivity index (χ2n) is 12.6. The first kappa shape index (κ1) is 44.1. The third kappa shape index (κ3) is 14.1. The van der Waals surface area contributed by atoms with Crippen molar-refractivity contribution in [1.82, 2.24) is 26.6 Å². The van der Waals surface area contributed by atoms with Gasteiger partial charge in [0.1, 0.15) is 35.7 Å². The van der Waals surface area contributed by atoms with Gasteiger partial charge in [-0.3, -0.25) is 42.7 Å². The van der Waals surface area contributed by atoms with Gasteiger partial charge in [0, 0.05) is 24.9 Å². The fraction of sp³-hybridized carbons (Fsp3) is 0.265. The fourth-order valence-corrected chi connectivity index (χ4v) is 6.19. The van der Waals surface area contributed by atoms with Crippen LogP contribution in [0, 0.1) is 0 Å². The van der Waals surface area contributed by atoms with Crippen molar-refractivity contribution in [3.63, 3.8) is 0 Å². The molecule has 0 radical (unpaired) electrons. The number of rotatable bonds is 12. The zero-order valence-electron chi connectivity index (χ0n) is 29.8. The largest absolute Gasteiger partial charge is 0.481 e. The van der Waals surface area contributed by atoms with Crippen molar-refractivity contribution in [3.8, 4) is 11.5 Å². The van der Waals surface area contributed by atoms with Crippen molar-refractivity contribution in [3.05, 3.63) is 95.1 Å². The zero-order chi connectivity index (χ0) is 42.8. The molecule has 0 fully saturated rings. The normalized spacial score (nSPS) is 19.8. The number of carbonyl (C=O) groups is 7. The predicted molar refractivity (Wildman–Crippen MR) is 196 cm³/mol. The van der Waals surface area contributed by atoms with E-state index in [1.165, 1.54) is 42.5 Å². The van der Waals surface area contributed by atoms with Crippen LogP contribution in [0.25, 0.3) is 0 Å². The second kappa shape index (κ2) is 19.0. The molecule has 3 aromatic rings. The lowest BCUT2D eigenvalue weighted by Gasteiger charge is -2.26. The van der Waals surface area contributed by atoms with Gasteiger partial charge in [0.15, 0.2) is 0 Å². The van der Waals surface area contributed by atoms with E-state index in [1.807, 2.05) is 0 Å². The van der Waals surface area contributed by atoms with Crippen molar-refractivity contribution >= 4 is 62.2 Å². The number of amides is 6. The molecule has 1 aliphatic heterocycles. The SMILES string of the molecule is NC(=O)C[C@@H]1NC(=O)[C@H](Cc2ccc(OS(=O)(=O)O)cc2)NC(=O)c2cccc(c2)CNC(=O)[C@H](Cc2ccc(OS(=O)(=O)O)cc2)NC(=O)[C@H](CC(=O)O)NC1=O. The summed E-state index contributed by atoms with van der Waals surface area (Å²) in [7, 11) is -9.72. The topological polar surface area (TPSA) is 353 Å². The van der Waals surface area contributed by atoms with Crippen LogP contribution in [-0.2, 0) is 69.0 Å². The van der Waals surface area contributed by atoms with Crippen LogP contribution in [0.15, 0.2) is 72.8 Å². The quantitative estimate of drug-likeness (QED) is 0.0896. The number of hydrogen-bond acceptors (Lipinski definition) is 13. The first-order valence-corrected chi connectivity index (χ1v) is 19.5. The van der Waals surface area contributed by atoms with Crippen LogP contribution in [0.2, 0.25) is 0 Å². The van der Waals surface area contributed by atoms with Gasteiger partial charge in [-0.2, -0.15) is 16.8 Å². The van der Waals surface area contributed by atoms with Crippen LogP contribution in [-0.4, -0.2) is 96.6 Å². The Kier molecular flexibility index (Phi) is 14.4. The highest BCUT2D eigenvalue weighted by atomic mass is 32.3. The van der Waals surface area contributed by atoms with Crippen LogP contribution >= 0.6 is 0 Å². The van der Waals surface area contributed by atoms with Gasteiger partial charge >= 0.3 is 26.8 Å². The highest BCUT2D eigenvalue weighted by Crippen LogP contribution is 2.18. The number of carbonyl (C=O) groups excluding carboxylic acids is 6. The monoisotopic (exact) mass is 848 g/mol. The van der Waals surface area contributed by atoms with Crippen molar-refractivity contribution in [2.75, 3.05) is 0 Å². The van der Waals surface area contributed by atoms with Gasteiger partial charge in [-0.1, -0.05) is 36.4 Å². The predicted octanol–water partition coefficient (Wildman–Crippen LogP) is -1.93. The van der Waals surface area contributed by atoms with E-state index in [0.717, 1.165) is 24.3 Å². The average molecular weight is 849 g/mol. The third-order valence-corrected chi connectivity index (χ3v) is 8.90. The van der Waals surface area contributed by atoms with Gasteiger partial charge in [-0.25, -0.2) is 0 Å². The molecule has 58 heavy (non-hydrogen) atoms. The van der Waals surface area contributed by atoms with Crippen LogP contribution in [0.1, 0.15) is 39.9 Å². The molecule has 2 bridgehead atoms. The van der Waals surface area contributed by atoms with Gasteiger partial charge in [0.05, 0.1) is 12.8 Å². The van der Waals surface area contributed by atoms with Crippen molar-refractivity contribution in [1.29, 1.82) is 0 Å². The van der Waals surface area contributed by atoms with Crippen molar-refractivity contribution in [2.24, 2.45) is 5.73 Å². The maximum atomic E-state index is 13.8. The highest BCUT2D eigenvalue weighted by Gasteiger charge is 2.34. The van der Waals surface area contributed by atoms with Crippen LogP contribution in [0.5, 0.6) is 11.5 Å². The molecule has 0 aliphatic carbocycles. The van der Waals surface area contributed by atoms with E-state index in [1.54, 1.807) is 6.07 Å². The molecular formula is C34H36N6O16S2. The number of aliphatic carboxylic acids is 1. The molecule has 1 heterocycles. The minimum atomic E-state index is -4.86. The molecule has 1 aliphatic rings. The third-order valence-electron chi connectivity index (χ3n) is 8.09. The van der Waals surface area contributed by atoms with Gasteiger partial charge in [0.25, 0.3) is 5.91 Å². The molecular weight excluding hydrogens is 813 g/mol. The van der Waals surface area contributed by atoms with Crippen molar-refractivity contribution < 1.29 is 73.0 Å². The molecule has 3 aromatic carbocycles. The Morgan fingerprint density at radius 3 is 1.55 bits per heavy atom. The summed E-state index contributed by atoms with van der Waals surface area (Å²) in [5, 5.41) is 21.5. The molecule has 0 unspecified atom stereocenters. The standard InChI is InChI=1S/C34H36N6O16S2/c35-28(41)15-26-33(47)40-27(16-29(42)43)34(48)38-24(13-18-4-8-22(9-5-18)55-57(49,50)51)31(45)36-17-20-2-1-3-21(12-20)30(44)37-25(32(46)39-26)14-19-6-10-23(11-7-19)56-58(52,53)54/h1-12,24-27H,13-17H2,(H2,35,41)(H,36,45)(H,37,44)(H,38,48)(H,39,46)(H,40,47)(H,42,43)(H,49,50,51)(H,52,53,54)/t24-,25-,26-,27-/m0/s1. The number of benzene rings is 3. The van der Waals surface area contributed by atoms with E-state index in [0.29, 0.717) is 16.7 Å². The second-order valence-corrected chi connectivity index (χ2v) is 14.7. The summed E-state index contributed by atoms with van der Waals surface area (Å²) in [6.07, 6.45) is -2.52. The minimum absolute atomic E-state index is 0.00237. The lowest BCUT2D eigenvalue weighted by molar-refractivity contribution is -0.141. The highest BCUT2D eigenvalue weighted by molar-refractivity contribution is 7.81. The van der Waals surface area contributed by atoms with E-state index in [2.05, 4.69) is 35.0 Å². The van der Waals surface area contributed by atoms with Crippen molar-refractivity contribution in [2.45, 2.75) is 56.4 Å². The Bertz CT molecular complexity index is 2290. The molecule has 0 saturated heterocycles. The molecule has 10 N–H and O–H groups in total. The summed E-state index contributed by atoms with van der Waals surface area (Å²) in [6, 6.07) is 8.82. The number of nitrogens with two attached hydrogens (primary N) is 1. The maximum absolute atomic E-state index is 13.8. The van der Waals surface area contributed by atoms with Crippen LogP contribution in [0.3, 0.4) is 0 Å². The summed E-state index contributed by atoms with van der Waals surface area (Å²) in [6.45, 7) is -0.223. The lowest BCUT2D eigenvalue weighted by Crippen LogP contribution is -2.59. The average Bonchev–Trinajstić information content (AvgIpc) is 3.12. The van der Waals surface area contributed by atoms with Crippen LogP contribution < -0.4 is 40.7 Å². The number of fused-ring (bicyclic) bond motifs is 2. The van der Waals surface area contributed by atoms with E-state index in [4.69, 9.17) is 14.8 Å². The Labute approximate surface area is 329 Å². The fourth-order valence-electron chi connectivity index (χ4n) is 5.48. The van der Waals surface area contributed by atoms with E-state index >= 15 is 0 Å². The molecule has 0 saturated carbocycles. The van der Waals surface area contributed by atoms with Gasteiger partial charge in [-0.15, -0.1) is 0 Å². The summed E-state index contributed by atoms with van der Waals surface area (Å²) < 4.78 is 71.0.